The average Bonchev–Trinajstić information content (AvgIpc) is 3.34. The largest absolute Gasteiger partial charge is 0.472 e. The minimum atomic E-state index is -0.598. The predicted molar refractivity (Wildman–Crippen MR) is 101 cm³/mol. The van der Waals surface area contributed by atoms with Crippen LogP contribution in [0.2, 0.25) is 0 Å². The van der Waals surface area contributed by atoms with Gasteiger partial charge < -0.3 is 14.1 Å². The molecular weight excluding hydrogens is 350 g/mol. The zero-order valence-electron chi connectivity index (χ0n) is 14.5. The van der Waals surface area contributed by atoms with Crippen molar-refractivity contribution in [3.05, 3.63) is 66.1 Å². The number of furan rings is 1. The molecule has 2 aromatic rings. The smallest absolute Gasteiger partial charge is 0.329 e. The molecule has 1 aromatic heterocycles. The number of hydrogen-bond donors (Lipinski definition) is 0. The number of esters is 1. The molecule has 1 aliphatic rings. The summed E-state index contributed by atoms with van der Waals surface area (Å²) in [6.07, 6.45) is 7.19. The second-order valence-electron chi connectivity index (χ2n) is 5.92. The molecule has 1 aliphatic heterocycles. The summed E-state index contributed by atoms with van der Waals surface area (Å²) in [5.41, 5.74) is 1.79. The minimum Gasteiger partial charge on any atom is -0.472 e. The van der Waals surface area contributed by atoms with Gasteiger partial charge in [-0.3, -0.25) is 4.79 Å². The Morgan fingerprint density at radius 1 is 1.31 bits per heavy atom. The van der Waals surface area contributed by atoms with E-state index < -0.39 is 6.04 Å². The number of amides is 1. The van der Waals surface area contributed by atoms with Crippen molar-refractivity contribution < 1.29 is 18.7 Å². The fraction of sp³-hybridized carbons (Fsp3) is 0.300. The second-order valence-corrected chi connectivity index (χ2v) is 7.03. The number of rotatable bonds is 6. The van der Waals surface area contributed by atoms with Crippen LogP contribution in [0.5, 0.6) is 0 Å². The Kier molecular flexibility index (Phi) is 6.17. The van der Waals surface area contributed by atoms with Crippen LogP contribution < -0.4 is 0 Å². The Hall–Kier alpha value is -2.47. The van der Waals surface area contributed by atoms with E-state index in [9.17, 15) is 9.59 Å². The summed E-state index contributed by atoms with van der Waals surface area (Å²) in [6, 6.07) is 10.8. The van der Waals surface area contributed by atoms with Gasteiger partial charge in [0.2, 0.25) is 5.91 Å². The molecule has 26 heavy (non-hydrogen) atoms. The Balaban J connectivity index is 1.81. The standard InChI is InChI=1S/C20H21NO4S/c1-2-11-25-20(23)17-14-26-19(16-10-12-24-13-16)21(17)18(22)9-8-15-6-4-3-5-7-15/h3-10,12-13,17,19H,2,11,14H2,1H3/b9-8+. The molecule has 2 atom stereocenters. The van der Waals surface area contributed by atoms with Gasteiger partial charge in [-0.1, -0.05) is 37.3 Å². The normalized spacial score (nSPS) is 19.8. The third-order valence-corrected chi connectivity index (χ3v) is 5.34. The van der Waals surface area contributed by atoms with E-state index in [1.807, 2.05) is 43.3 Å². The quantitative estimate of drug-likeness (QED) is 0.569. The molecule has 0 saturated carbocycles. The van der Waals surface area contributed by atoms with E-state index in [1.165, 1.54) is 17.8 Å². The fourth-order valence-electron chi connectivity index (χ4n) is 2.75. The van der Waals surface area contributed by atoms with Crippen LogP contribution in [0.3, 0.4) is 0 Å². The maximum absolute atomic E-state index is 12.9. The van der Waals surface area contributed by atoms with Gasteiger partial charge in [-0.25, -0.2) is 4.79 Å². The van der Waals surface area contributed by atoms with Crippen molar-refractivity contribution in [3.8, 4) is 0 Å². The zero-order valence-corrected chi connectivity index (χ0v) is 15.4. The fourth-order valence-corrected chi connectivity index (χ4v) is 4.15. The third-order valence-electron chi connectivity index (χ3n) is 4.02. The highest BCUT2D eigenvalue weighted by Gasteiger charge is 2.42. The SMILES string of the molecule is CCCOC(=O)C1CSC(c2ccoc2)N1C(=O)/C=C/c1ccccc1. The Morgan fingerprint density at radius 3 is 2.81 bits per heavy atom. The molecule has 0 bridgehead atoms. The van der Waals surface area contributed by atoms with Gasteiger partial charge in [0, 0.05) is 17.4 Å². The van der Waals surface area contributed by atoms with Crippen LogP contribution in [0.15, 0.2) is 59.4 Å². The number of nitrogens with zero attached hydrogens (tertiary/aromatic N) is 1. The molecule has 136 valence electrons. The van der Waals surface area contributed by atoms with Gasteiger partial charge >= 0.3 is 5.97 Å². The molecule has 0 N–H and O–H groups in total. The van der Waals surface area contributed by atoms with Crippen molar-refractivity contribution in [1.82, 2.24) is 4.90 Å². The first kappa shape index (κ1) is 18.3. The maximum Gasteiger partial charge on any atom is 0.329 e. The first-order chi connectivity index (χ1) is 12.7. The van der Waals surface area contributed by atoms with E-state index in [-0.39, 0.29) is 17.3 Å². The zero-order chi connectivity index (χ0) is 18.4. The summed E-state index contributed by atoms with van der Waals surface area (Å²) < 4.78 is 10.4. The Morgan fingerprint density at radius 2 is 2.12 bits per heavy atom. The highest BCUT2D eigenvalue weighted by molar-refractivity contribution is 7.99. The molecular formula is C20H21NO4S. The van der Waals surface area contributed by atoms with Crippen molar-refractivity contribution >= 4 is 29.7 Å². The van der Waals surface area contributed by atoms with Crippen LogP contribution in [0.1, 0.15) is 29.8 Å². The Bertz CT molecular complexity index is 757. The predicted octanol–water partition coefficient (Wildman–Crippen LogP) is 3.89. The molecule has 1 saturated heterocycles. The number of benzene rings is 1. The van der Waals surface area contributed by atoms with Crippen LogP contribution in [0, 0.1) is 0 Å². The van der Waals surface area contributed by atoms with E-state index in [0.29, 0.717) is 12.4 Å². The lowest BCUT2D eigenvalue weighted by molar-refractivity contribution is -0.152. The molecule has 1 aromatic carbocycles. The lowest BCUT2D eigenvalue weighted by atomic mass is 10.2. The van der Waals surface area contributed by atoms with Crippen LogP contribution in [0.4, 0.5) is 0 Å². The van der Waals surface area contributed by atoms with Crippen molar-refractivity contribution in [2.24, 2.45) is 0 Å². The van der Waals surface area contributed by atoms with E-state index in [0.717, 1.165) is 17.5 Å². The minimum absolute atomic E-state index is 0.219. The summed E-state index contributed by atoms with van der Waals surface area (Å²) >= 11 is 1.54. The molecule has 2 heterocycles. The van der Waals surface area contributed by atoms with Crippen molar-refractivity contribution in [3.63, 3.8) is 0 Å². The summed E-state index contributed by atoms with van der Waals surface area (Å²) in [5.74, 6) is -0.0705. The molecule has 6 heteroatoms. The summed E-state index contributed by atoms with van der Waals surface area (Å²) in [4.78, 5) is 26.9. The average molecular weight is 371 g/mol. The van der Waals surface area contributed by atoms with Gasteiger partial charge in [0.05, 0.1) is 19.1 Å². The van der Waals surface area contributed by atoms with E-state index in [1.54, 1.807) is 23.5 Å². The lowest BCUT2D eigenvalue weighted by Crippen LogP contribution is -2.43. The molecule has 3 rings (SSSR count). The van der Waals surface area contributed by atoms with Gasteiger partial charge in [-0.15, -0.1) is 11.8 Å². The number of carbonyl (C=O) groups excluding carboxylic acids is 2. The van der Waals surface area contributed by atoms with E-state index in [4.69, 9.17) is 9.15 Å². The Labute approximate surface area is 157 Å². The monoisotopic (exact) mass is 371 g/mol. The van der Waals surface area contributed by atoms with Crippen LogP contribution in [0.25, 0.3) is 6.08 Å². The van der Waals surface area contributed by atoms with Gasteiger partial charge in [-0.2, -0.15) is 0 Å². The van der Waals surface area contributed by atoms with Crippen molar-refractivity contribution in [2.75, 3.05) is 12.4 Å². The summed E-state index contributed by atoms with van der Waals surface area (Å²) in [7, 11) is 0. The second kappa shape index (κ2) is 8.76. The van der Waals surface area contributed by atoms with Crippen LogP contribution in [-0.4, -0.2) is 35.2 Å². The number of ether oxygens (including phenoxy) is 1. The maximum atomic E-state index is 12.9. The number of thioether (sulfide) groups is 1. The van der Waals surface area contributed by atoms with Crippen LogP contribution in [-0.2, 0) is 14.3 Å². The third kappa shape index (κ3) is 4.19. The first-order valence-electron chi connectivity index (χ1n) is 8.56. The lowest BCUT2D eigenvalue weighted by Gasteiger charge is -2.26. The topological polar surface area (TPSA) is 59.8 Å². The molecule has 5 nitrogen and oxygen atoms in total. The highest BCUT2D eigenvalue weighted by Crippen LogP contribution is 2.42. The molecule has 2 unspecified atom stereocenters. The van der Waals surface area contributed by atoms with E-state index >= 15 is 0 Å². The van der Waals surface area contributed by atoms with Gasteiger partial charge in [0.25, 0.3) is 0 Å². The highest BCUT2D eigenvalue weighted by atomic mass is 32.2. The number of hydrogen-bond acceptors (Lipinski definition) is 5. The molecule has 1 fully saturated rings. The molecule has 0 radical (unpaired) electrons. The van der Waals surface area contributed by atoms with Crippen molar-refractivity contribution in [1.29, 1.82) is 0 Å². The van der Waals surface area contributed by atoms with Crippen molar-refractivity contribution in [2.45, 2.75) is 24.8 Å². The number of carbonyl (C=O) groups is 2. The van der Waals surface area contributed by atoms with Gasteiger partial charge in [0.1, 0.15) is 11.4 Å². The van der Waals surface area contributed by atoms with Gasteiger partial charge in [0.15, 0.2) is 0 Å². The molecule has 1 amide bonds. The van der Waals surface area contributed by atoms with Crippen LogP contribution >= 0.6 is 11.8 Å². The van der Waals surface area contributed by atoms with E-state index in [2.05, 4.69) is 0 Å². The molecule has 0 aliphatic carbocycles. The summed E-state index contributed by atoms with van der Waals surface area (Å²) in [5, 5.41) is -0.263. The van der Waals surface area contributed by atoms with Gasteiger partial charge in [-0.05, 0) is 24.1 Å². The first-order valence-corrected chi connectivity index (χ1v) is 9.61. The molecule has 0 spiro atoms. The summed E-state index contributed by atoms with van der Waals surface area (Å²) in [6.45, 7) is 2.30.